The van der Waals surface area contributed by atoms with Crippen LogP contribution in [-0.2, 0) is 17.8 Å². The molecule has 0 unspecified atom stereocenters. The standard InChI is InChI=1S/C22H21N5O2/c1-27(15-19-13-14-23-24-19)21(28)12-11-20-25-26-22(29-20)18-9-7-17(8-10-18)16-5-3-2-4-6-16/h2-10,13-14H,11-12,15H2,1H3,(H,23,24). The summed E-state index contributed by atoms with van der Waals surface area (Å²) >= 11 is 0. The molecular weight excluding hydrogens is 366 g/mol. The van der Waals surface area contributed by atoms with E-state index in [1.165, 1.54) is 0 Å². The predicted octanol–water partition coefficient (Wildman–Crippen LogP) is 3.72. The third-order valence-electron chi connectivity index (χ3n) is 4.65. The highest BCUT2D eigenvalue weighted by Crippen LogP contribution is 2.24. The topological polar surface area (TPSA) is 87.9 Å². The number of nitrogens with one attached hydrogen (secondary N) is 1. The summed E-state index contributed by atoms with van der Waals surface area (Å²) in [4.78, 5) is 13.9. The molecule has 2 aromatic heterocycles. The maximum absolute atomic E-state index is 12.3. The van der Waals surface area contributed by atoms with E-state index in [1.807, 2.05) is 48.5 Å². The summed E-state index contributed by atoms with van der Waals surface area (Å²) < 4.78 is 5.74. The van der Waals surface area contributed by atoms with Gasteiger partial charge in [0, 0.05) is 31.6 Å². The van der Waals surface area contributed by atoms with Crippen molar-refractivity contribution in [1.82, 2.24) is 25.3 Å². The van der Waals surface area contributed by atoms with Crippen LogP contribution in [0.1, 0.15) is 18.0 Å². The number of carbonyl (C=O) groups is 1. The van der Waals surface area contributed by atoms with E-state index >= 15 is 0 Å². The van der Waals surface area contributed by atoms with Gasteiger partial charge in [0.15, 0.2) is 0 Å². The number of hydrogen-bond acceptors (Lipinski definition) is 5. The average molecular weight is 387 g/mol. The van der Waals surface area contributed by atoms with Crippen molar-refractivity contribution in [3.63, 3.8) is 0 Å². The van der Waals surface area contributed by atoms with Gasteiger partial charge in [-0.2, -0.15) is 5.10 Å². The Bertz CT molecular complexity index is 1060. The summed E-state index contributed by atoms with van der Waals surface area (Å²) in [6.07, 6.45) is 2.38. The van der Waals surface area contributed by atoms with Gasteiger partial charge in [-0.05, 0) is 29.3 Å². The zero-order chi connectivity index (χ0) is 20.1. The Balaban J connectivity index is 1.35. The van der Waals surface area contributed by atoms with Gasteiger partial charge in [-0.3, -0.25) is 9.89 Å². The molecule has 0 saturated heterocycles. The minimum atomic E-state index is 0.00608. The number of carbonyl (C=O) groups excluding carboxylic acids is 1. The number of aryl methyl sites for hydroxylation is 1. The molecule has 146 valence electrons. The molecule has 0 atom stereocenters. The Hall–Kier alpha value is -3.74. The quantitative estimate of drug-likeness (QED) is 0.522. The second kappa shape index (κ2) is 8.52. The Labute approximate surface area is 168 Å². The minimum absolute atomic E-state index is 0.00608. The maximum atomic E-state index is 12.3. The maximum Gasteiger partial charge on any atom is 0.247 e. The second-order valence-electron chi connectivity index (χ2n) is 6.78. The van der Waals surface area contributed by atoms with Crippen LogP contribution in [0.3, 0.4) is 0 Å². The van der Waals surface area contributed by atoms with Crippen molar-refractivity contribution in [2.24, 2.45) is 0 Å². The van der Waals surface area contributed by atoms with Crippen LogP contribution in [0.5, 0.6) is 0 Å². The molecule has 0 radical (unpaired) electrons. The van der Waals surface area contributed by atoms with Crippen molar-refractivity contribution in [3.05, 3.63) is 78.4 Å². The van der Waals surface area contributed by atoms with Crippen molar-refractivity contribution in [2.75, 3.05) is 7.05 Å². The van der Waals surface area contributed by atoms with Crippen molar-refractivity contribution < 1.29 is 9.21 Å². The van der Waals surface area contributed by atoms with E-state index in [1.54, 1.807) is 18.1 Å². The third-order valence-corrected chi connectivity index (χ3v) is 4.65. The van der Waals surface area contributed by atoms with E-state index in [0.717, 1.165) is 22.4 Å². The van der Waals surface area contributed by atoms with Crippen LogP contribution in [-0.4, -0.2) is 38.2 Å². The molecule has 2 aromatic carbocycles. The highest BCUT2D eigenvalue weighted by atomic mass is 16.4. The van der Waals surface area contributed by atoms with E-state index in [9.17, 15) is 4.79 Å². The normalized spacial score (nSPS) is 10.8. The summed E-state index contributed by atoms with van der Waals surface area (Å²) in [6, 6.07) is 20.0. The first-order valence-corrected chi connectivity index (χ1v) is 9.39. The SMILES string of the molecule is CN(Cc1ccn[nH]1)C(=O)CCc1nnc(-c2ccc(-c3ccccc3)cc2)o1. The van der Waals surface area contributed by atoms with Crippen molar-refractivity contribution in [3.8, 4) is 22.6 Å². The smallest absolute Gasteiger partial charge is 0.247 e. The van der Waals surface area contributed by atoms with Gasteiger partial charge in [-0.1, -0.05) is 42.5 Å². The third kappa shape index (κ3) is 4.57. The number of aromatic nitrogens is 4. The summed E-state index contributed by atoms with van der Waals surface area (Å²) in [5, 5.41) is 14.9. The molecule has 0 bridgehead atoms. The highest BCUT2D eigenvalue weighted by Gasteiger charge is 2.14. The number of nitrogens with zero attached hydrogens (tertiary/aromatic N) is 4. The minimum Gasteiger partial charge on any atom is -0.421 e. The fourth-order valence-corrected chi connectivity index (χ4v) is 3.03. The molecule has 2 heterocycles. The Morgan fingerprint density at radius 1 is 0.966 bits per heavy atom. The summed E-state index contributed by atoms with van der Waals surface area (Å²) in [5.41, 5.74) is 4.02. The lowest BCUT2D eigenvalue weighted by Crippen LogP contribution is -2.26. The molecule has 0 fully saturated rings. The molecule has 4 aromatic rings. The predicted molar refractivity (Wildman–Crippen MR) is 109 cm³/mol. The first-order valence-electron chi connectivity index (χ1n) is 9.39. The molecule has 0 spiro atoms. The largest absolute Gasteiger partial charge is 0.421 e. The van der Waals surface area contributed by atoms with Gasteiger partial charge in [-0.25, -0.2) is 0 Å². The number of rotatable bonds is 7. The molecule has 1 amide bonds. The van der Waals surface area contributed by atoms with Crippen molar-refractivity contribution in [2.45, 2.75) is 19.4 Å². The molecule has 0 aliphatic rings. The van der Waals surface area contributed by atoms with E-state index in [-0.39, 0.29) is 5.91 Å². The second-order valence-corrected chi connectivity index (χ2v) is 6.78. The molecular formula is C22H21N5O2. The molecule has 29 heavy (non-hydrogen) atoms. The van der Waals surface area contributed by atoms with E-state index < -0.39 is 0 Å². The van der Waals surface area contributed by atoms with Gasteiger partial charge >= 0.3 is 0 Å². The van der Waals surface area contributed by atoms with Gasteiger partial charge in [0.2, 0.25) is 17.7 Å². The van der Waals surface area contributed by atoms with Crippen LogP contribution < -0.4 is 0 Å². The van der Waals surface area contributed by atoms with Crippen molar-refractivity contribution >= 4 is 5.91 Å². The fourth-order valence-electron chi connectivity index (χ4n) is 3.03. The van der Waals surface area contributed by atoms with Crippen LogP contribution in [0.4, 0.5) is 0 Å². The number of benzene rings is 2. The first kappa shape index (κ1) is 18.6. The molecule has 7 heteroatoms. The Kier molecular flexibility index (Phi) is 5.47. The number of H-pyrrole nitrogens is 1. The van der Waals surface area contributed by atoms with Crippen LogP contribution in [0.2, 0.25) is 0 Å². The zero-order valence-electron chi connectivity index (χ0n) is 16.1. The lowest BCUT2D eigenvalue weighted by Gasteiger charge is -2.15. The highest BCUT2D eigenvalue weighted by molar-refractivity contribution is 5.76. The van der Waals surface area contributed by atoms with Crippen LogP contribution in [0.15, 0.2) is 71.3 Å². The molecule has 4 rings (SSSR count). The fraction of sp³-hybridized carbons (Fsp3) is 0.182. The Morgan fingerprint density at radius 3 is 2.41 bits per heavy atom. The van der Waals surface area contributed by atoms with Crippen molar-refractivity contribution in [1.29, 1.82) is 0 Å². The number of hydrogen-bond donors (Lipinski definition) is 1. The average Bonchev–Trinajstić information content (AvgIpc) is 3.45. The van der Waals surface area contributed by atoms with Crippen LogP contribution in [0, 0.1) is 0 Å². The van der Waals surface area contributed by atoms with Gasteiger partial charge < -0.3 is 9.32 Å². The van der Waals surface area contributed by atoms with Crippen LogP contribution in [0.25, 0.3) is 22.6 Å². The molecule has 1 N–H and O–H groups in total. The molecule has 0 aliphatic carbocycles. The van der Waals surface area contributed by atoms with Gasteiger partial charge in [0.05, 0.1) is 12.2 Å². The van der Waals surface area contributed by atoms with E-state index in [0.29, 0.717) is 31.2 Å². The van der Waals surface area contributed by atoms with Gasteiger partial charge in [-0.15, -0.1) is 10.2 Å². The van der Waals surface area contributed by atoms with Gasteiger partial charge in [0.25, 0.3) is 0 Å². The molecule has 0 aliphatic heterocycles. The lowest BCUT2D eigenvalue weighted by molar-refractivity contribution is -0.130. The van der Waals surface area contributed by atoms with Gasteiger partial charge in [0.1, 0.15) is 0 Å². The van der Waals surface area contributed by atoms with E-state index in [4.69, 9.17) is 4.42 Å². The number of aromatic amines is 1. The van der Waals surface area contributed by atoms with E-state index in [2.05, 4.69) is 32.5 Å². The summed E-state index contributed by atoms with van der Waals surface area (Å²) in [5.74, 6) is 0.917. The monoisotopic (exact) mass is 387 g/mol. The molecule has 7 nitrogen and oxygen atoms in total. The Morgan fingerprint density at radius 2 is 1.69 bits per heavy atom. The molecule has 0 saturated carbocycles. The van der Waals surface area contributed by atoms with Crippen LogP contribution >= 0.6 is 0 Å². The first-order chi connectivity index (χ1) is 14.2. The zero-order valence-corrected chi connectivity index (χ0v) is 16.1. The lowest BCUT2D eigenvalue weighted by atomic mass is 10.0. The summed E-state index contributed by atoms with van der Waals surface area (Å²) in [6.45, 7) is 0.488. The summed E-state index contributed by atoms with van der Waals surface area (Å²) in [7, 11) is 1.76. The number of amides is 1.